The van der Waals surface area contributed by atoms with E-state index in [1.807, 2.05) is 0 Å². The number of alkyl halides is 3. The van der Waals surface area contributed by atoms with Crippen LogP contribution in [0.15, 0.2) is 0 Å². The number of carbonyl (C=O) groups excluding carboxylic acids is 1. The van der Waals surface area contributed by atoms with Gasteiger partial charge in [-0.05, 0) is 0 Å². The molecule has 0 fully saturated rings. The molecular weight excluding hydrogens is 153 g/mol. The Bertz CT molecular complexity index is 106. The van der Waals surface area contributed by atoms with Gasteiger partial charge in [0.25, 0.3) is 5.92 Å². The fourth-order valence-corrected chi connectivity index (χ4v) is 0.228. The van der Waals surface area contributed by atoms with Gasteiger partial charge in [0.1, 0.15) is 5.25 Å². The Morgan fingerprint density at radius 1 is 1.67 bits per heavy atom. The van der Waals surface area contributed by atoms with Crippen LogP contribution in [-0.2, 0) is 4.79 Å². The Morgan fingerprint density at radius 3 is 2.22 bits per heavy atom. The molecule has 0 aliphatic rings. The molecule has 0 N–H and O–H groups in total. The third-order valence-corrected chi connectivity index (χ3v) is 1.17. The second-order valence-electron chi connectivity index (χ2n) is 1.42. The van der Waals surface area contributed by atoms with Gasteiger partial charge in [-0.15, -0.1) is 0 Å². The molecule has 0 aliphatic heterocycles. The minimum atomic E-state index is -3.68. The van der Waals surface area contributed by atoms with Crippen molar-refractivity contribution in [1.82, 2.24) is 0 Å². The average Bonchev–Trinajstić information content (AvgIpc) is 1.86. The molecule has 1 nitrogen and oxygen atoms in total. The van der Waals surface area contributed by atoms with Gasteiger partial charge in [-0.2, -0.15) is 12.6 Å². The summed E-state index contributed by atoms with van der Waals surface area (Å²) in [5, 5.41) is -1.96. The maximum absolute atomic E-state index is 11.8. The summed E-state index contributed by atoms with van der Waals surface area (Å²) < 4.78 is 34.9. The molecule has 0 spiro atoms. The second kappa shape index (κ2) is 3.10. The van der Waals surface area contributed by atoms with E-state index in [0.29, 0.717) is 0 Å². The first-order valence-electron chi connectivity index (χ1n) is 2.04. The zero-order valence-electron chi connectivity index (χ0n) is 4.27. The Morgan fingerprint density at radius 2 is 2.11 bits per heavy atom. The standard InChI is InChI=1S/C4H4F3OS/c5-2-4(6,7)3(9)1-8/h3,9H,2H2. The monoisotopic (exact) mass is 157 g/mol. The Kier molecular flexibility index (Phi) is 3.03. The normalized spacial score (nSPS) is 15.1. The third kappa shape index (κ3) is 2.26. The zero-order valence-corrected chi connectivity index (χ0v) is 5.17. The van der Waals surface area contributed by atoms with Crippen molar-refractivity contribution in [2.24, 2.45) is 0 Å². The van der Waals surface area contributed by atoms with Gasteiger partial charge in [-0.25, -0.2) is 13.2 Å². The summed E-state index contributed by atoms with van der Waals surface area (Å²) in [6.07, 6.45) is 0.880. The molecule has 0 rings (SSSR count). The van der Waals surface area contributed by atoms with E-state index in [2.05, 4.69) is 12.6 Å². The summed E-state index contributed by atoms with van der Waals surface area (Å²) in [5.41, 5.74) is 0. The van der Waals surface area contributed by atoms with Crippen molar-refractivity contribution in [2.45, 2.75) is 11.2 Å². The largest absolute Gasteiger partial charge is 0.294 e. The van der Waals surface area contributed by atoms with Gasteiger partial charge in [0.05, 0.1) is 0 Å². The summed E-state index contributed by atoms with van der Waals surface area (Å²) in [6.45, 7) is -1.88. The molecule has 1 radical (unpaired) electrons. The predicted octanol–water partition coefficient (Wildman–Crippen LogP) is 0.999. The van der Waals surface area contributed by atoms with E-state index in [-0.39, 0.29) is 0 Å². The molecule has 0 aromatic carbocycles. The van der Waals surface area contributed by atoms with Crippen LogP contribution >= 0.6 is 12.6 Å². The van der Waals surface area contributed by atoms with Crippen molar-refractivity contribution in [3.05, 3.63) is 0 Å². The van der Waals surface area contributed by atoms with Crippen LogP contribution in [0.1, 0.15) is 0 Å². The molecule has 0 heterocycles. The van der Waals surface area contributed by atoms with Crippen LogP contribution in [0.25, 0.3) is 0 Å². The van der Waals surface area contributed by atoms with Crippen molar-refractivity contribution in [3.8, 4) is 0 Å². The summed E-state index contributed by atoms with van der Waals surface area (Å²) in [5.74, 6) is -3.68. The molecule has 0 aromatic rings. The van der Waals surface area contributed by atoms with E-state index in [1.54, 1.807) is 0 Å². The lowest BCUT2D eigenvalue weighted by atomic mass is 10.3. The molecule has 9 heavy (non-hydrogen) atoms. The van der Waals surface area contributed by atoms with Crippen LogP contribution in [-0.4, -0.2) is 24.1 Å². The Balaban J connectivity index is 3.95. The summed E-state index contributed by atoms with van der Waals surface area (Å²) >= 11 is 3.08. The van der Waals surface area contributed by atoms with Crippen LogP contribution < -0.4 is 0 Å². The van der Waals surface area contributed by atoms with Crippen LogP contribution in [0.4, 0.5) is 13.2 Å². The van der Waals surface area contributed by atoms with Gasteiger partial charge in [0.15, 0.2) is 6.67 Å². The van der Waals surface area contributed by atoms with Gasteiger partial charge in [-0.1, -0.05) is 0 Å². The highest BCUT2D eigenvalue weighted by atomic mass is 32.1. The molecule has 5 heteroatoms. The van der Waals surface area contributed by atoms with E-state index in [4.69, 9.17) is 0 Å². The summed E-state index contributed by atoms with van der Waals surface area (Å²) in [6, 6.07) is 0. The third-order valence-electron chi connectivity index (χ3n) is 0.690. The zero-order chi connectivity index (χ0) is 7.49. The molecule has 0 aliphatic carbocycles. The maximum atomic E-state index is 11.8. The SMILES string of the molecule is O=[C]C(S)C(F)(F)CF. The van der Waals surface area contributed by atoms with E-state index >= 15 is 0 Å². The first-order valence-corrected chi connectivity index (χ1v) is 2.55. The van der Waals surface area contributed by atoms with Crippen LogP contribution in [0.3, 0.4) is 0 Å². The Labute approximate surface area is 55.6 Å². The fraction of sp³-hybridized carbons (Fsp3) is 0.750. The van der Waals surface area contributed by atoms with Crippen molar-refractivity contribution in [3.63, 3.8) is 0 Å². The van der Waals surface area contributed by atoms with E-state index in [1.165, 1.54) is 0 Å². The lowest BCUT2D eigenvalue weighted by molar-refractivity contribution is -0.00985. The number of halogens is 3. The smallest absolute Gasteiger partial charge is 0.289 e. The van der Waals surface area contributed by atoms with Crippen molar-refractivity contribution in [1.29, 1.82) is 0 Å². The van der Waals surface area contributed by atoms with E-state index in [0.717, 1.165) is 6.29 Å². The molecule has 1 atom stereocenters. The lowest BCUT2D eigenvalue weighted by Gasteiger charge is -2.12. The number of rotatable bonds is 3. The highest BCUT2D eigenvalue weighted by Gasteiger charge is 2.37. The second-order valence-corrected chi connectivity index (χ2v) is 1.93. The van der Waals surface area contributed by atoms with Gasteiger partial charge >= 0.3 is 0 Å². The van der Waals surface area contributed by atoms with Crippen LogP contribution in [0, 0.1) is 0 Å². The fourth-order valence-electron chi connectivity index (χ4n) is 0.159. The van der Waals surface area contributed by atoms with E-state index in [9.17, 15) is 18.0 Å². The highest BCUT2D eigenvalue weighted by molar-refractivity contribution is 7.81. The van der Waals surface area contributed by atoms with E-state index < -0.39 is 17.8 Å². The molecule has 0 saturated heterocycles. The van der Waals surface area contributed by atoms with Gasteiger partial charge in [-0.3, -0.25) is 4.79 Å². The van der Waals surface area contributed by atoms with Crippen molar-refractivity contribution < 1.29 is 18.0 Å². The molecule has 1 unspecified atom stereocenters. The number of thiol groups is 1. The first kappa shape index (κ1) is 8.81. The molecule has 53 valence electrons. The lowest BCUT2D eigenvalue weighted by Crippen LogP contribution is -2.32. The van der Waals surface area contributed by atoms with Crippen LogP contribution in [0.2, 0.25) is 0 Å². The molecule has 0 bridgehead atoms. The first-order chi connectivity index (χ1) is 4.04. The molecule has 0 saturated carbocycles. The topological polar surface area (TPSA) is 17.1 Å². The predicted molar refractivity (Wildman–Crippen MR) is 29.4 cm³/mol. The van der Waals surface area contributed by atoms with Crippen molar-refractivity contribution >= 4 is 18.9 Å². The molecule has 0 aromatic heterocycles. The molecular formula is C4H4F3OS. The van der Waals surface area contributed by atoms with Crippen molar-refractivity contribution in [2.75, 3.05) is 6.67 Å². The Hall–Kier alpha value is -0.190. The van der Waals surface area contributed by atoms with Gasteiger partial charge < -0.3 is 0 Å². The minimum absolute atomic E-state index is 0.880. The summed E-state index contributed by atoms with van der Waals surface area (Å²) in [7, 11) is 0. The minimum Gasteiger partial charge on any atom is -0.289 e. The average molecular weight is 157 g/mol. The van der Waals surface area contributed by atoms with Gasteiger partial charge in [0, 0.05) is 0 Å². The summed E-state index contributed by atoms with van der Waals surface area (Å²) in [4.78, 5) is 9.46. The quantitative estimate of drug-likeness (QED) is 0.605. The number of hydrogen-bond acceptors (Lipinski definition) is 2. The highest BCUT2D eigenvalue weighted by Crippen LogP contribution is 2.21. The van der Waals surface area contributed by atoms with Gasteiger partial charge in [0.2, 0.25) is 6.29 Å². The maximum Gasteiger partial charge on any atom is 0.294 e. The molecule has 0 amide bonds. The van der Waals surface area contributed by atoms with Crippen LogP contribution in [0.5, 0.6) is 0 Å². The number of hydrogen-bond donors (Lipinski definition) is 1.